The summed E-state index contributed by atoms with van der Waals surface area (Å²) in [6.07, 6.45) is 5.93. The zero-order valence-electron chi connectivity index (χ0n) is 11.3. The Hall–Kier alpha value is -0.610. The fourth-order valence-electron chi connectivity index (χ4n) is 3.12. The first-order chi connectivity index (χ1) is 8.65. The smallest absolute Gasteiger partial charge is 0.237 e. The number of piperidine rings is 1. The summed E-state index contributed by atoms with van der Waals surface area (Å²) in [5.74, 6) is 1.24. The molecule has 4 heteroatoms. The molecule has 0 aromatic carbocycles. The zero-order valence-corrected chi connectivity index (χ0v) is 11.3. The van der Waals surface area contributed by atoms with Crippen molar-refractivity contribution in [2.45, 2.75) is 57.6 Å². The van der Waals surface area contributed by atoms with Crippen LogP contribution in [-0.2, 0) is 4.79 Å². The Morgan fingerprint density at radius 2 is 2.17 bits per heavy atom. The number of rotatable bonds is 3. The molecule has 2 aliphatic rings. The summed E-state index contributed by atoms with van der Waals surface area (Å²) in [6, 6.07) is -0.0118. The van der Waals surface area contributed by atoms with Gasteiger partial charge in [0.1, 0.15) is 0 Å². The number of aliphatic hydroxyl groups excluding tert-OH is 1. The van der Waals surface area contributed by atoms with Crippen LogP contribution in [0.15, 0.2) is 0 Å². The Kier molecular flexibility index (Phi) is 5.01. The van der Waals surface area contributed by atoms with Crippen LogP contribution in [0.5, 0.6) is 0 Å². The third-order valence-electron chi connectivity index (χ3n) is 4.30. The maximum atomic E-state index is 12.0. The molecule has 4 atom stereocenters. The Bertz CT molecular complexity index is 283. The summed E-state index contributed by atoms with van der Waals surface area (Å²) in [7, 11) is 0. The van der Waals surface area contributed by atoms with Gasteiger partial charge in [0, 0.05) is 6.54 Å². The largest absolute Gasteiger partial charge is 0.393 e. The Labute approximate surface area is 110 Å². The first-order valence-corrected chi connectivity index (χ1v) is 7.34. The van der Waals surface area contributed by atoms with Crippen molar-refractivity contribution in [3.8, 4) is 0 Å². The molecule has 104 valence electrons. The van der Waals surface area contributed by atoms with Crippen LogP contribution in [-0.4, -0.2) is 36.2 Å². The minimum absolute atomic E-state index is 0.0118. The molecule has 1 aliphatic carbocycles. The van der Waals surface area contributed by atoms with Crippen LogP contribution in [0.2, 0.25) is 0 Å². The normalized spacial score (nSPS) is 37.2. The molecule has 18 heavy (non-hydrogen) atoms. The molecule has 0 aromatic heterocycles. The molecular weight excluding hydrogens is 228 g/mol. The second-order valence-electron chi connectivity index (χ2n) is 6.07. The topological polar surface area (TPSA) is 61.4 Å². The second-order valence-corrected chi connectivity index (χ2v) is 6.07. The monoisotopic (exact) mass is 254 g/mol. The highest BCUT2D eigenvalue weighted by Crippen LogP contribution is 2.23. The number of carbonyl (C=O) groups is 1. The van der Waals surface area contributed by atoms with Crippen LogP contribution in [0.1, 0.15) is 45.4 Å². The van der Waals surface area contributed by atoms with Crippen LogP contribution in [0, 0.1) is 11.8 Å². The lowest BCUT2D eigenvalue weighted by molar-refractivity contribution is -0.124. The number of hydrogen-bond donors (Lipinski definition) is 3. The highest BCUT2D eigenvalue weighted by molar-refractivity contribution is 5.81. The third-order valence-corrected chi connectivity index (χ3v) is 4.30. The third kappa shape index (κ3) is 3.95. The van der Waals surface area contributed by atoms with Gasteiger partial charge in [-0.3, -0.25) is 4.79 Å². The molecule has 1 amide bonds. The Morgan fingerprint density at radius 3 is 2.89 bits per heavy atom. The number of nitrogens with one attached hydrogen (secondary N) is 2. The fraction of sp³-hybridized carbons (Fsp3) is 0.929. The van der Waals surface area contributed by atoms with Crippen molar-refractivity contribution in [1.82, 2.24) is 10.6 Å². The van der Waals surface area contributed by atoms with Gasteiger partial charge in [-0.15, -0.1) is 0 Å². The van der Waals surface area contributed by atoms with Gasteiger partial charge in [-0.2, -0.15) is 0 Å². The van der Waals surface area contributed by atoms with Gasteiger partial charge in [0.25, 0.3) is 0 Å². The van der Waals surface area contributed by atoms with E-state index in [9.17, 15) is 9.90 Å². The highest BCUT2D eigenvalue weighted by Gasteiger charge is 2.26. The molecule has 1 aliphatic heterocycles. The molecule has 0 bridgehead atoms. The lowest BCUT2D eigenvalue weighted by atomic mass is 9.87. The van der Waals surface area contributed by atoms with Gasteiger partial charge in [-0.1, -0.05) is 13.3 Å². The molecule has 0 radical (unpaired) electrons. The van der Waals surface area contributed by atoms with Gasteiger partial charge in [0.05, 0.1) is 12.1 Å². The van der Waals surface area contributed by atoms with E-state index in [0.29, 0.717) is 11.8 Å². The molecule has 0 spiro atoms. The van der Waals surface area contributed by atoms with Crippen molar-refractivity contribution in [1.29, 1.82) is 0 Å². The fourth-order valence-corrected chi connectivity index (χ4v) is 3.12. The highest BCUT2D eigenvalue weighted by atomic mass is 16.3. The van der Waals surface area contributed by atoms with E-state index in [2.05, 4.69) is 17.6 Å². The predicted octanol–water partition coefficient (Wildman–Crippen LogP) is 1.04. The molecule has 0 aromatic rings. The van der Waals surface area contributed by atoms with E-state index in [0.717, 1.165) is 45.2 Å². The quantitative estimate of drug-likeness (QED) is 0.705. The molecular formula is C14H26N2O2. The maximum absolute atomic E-state index is 12.0. The van der Waals surface area contributed by atoms with Crippen molar-refractivity contribution in [3.05, 3.63) is 0 Å². The van der Waals surface area contributed by atoms with Crippen molar-refractivity contribution < 1.29 is 9.90 Å². The average molecular weight is 254 g/mol. The predicted molar refractivity (Wildman–Crippen MR) is 71.2 cm³/mol. The standard InChI is InChI=1S/C14H26N2O2/c1-10-5-6-15-13(7-10)14(18)16-9-11-3-2-4-12(17)8-11/h10-13,15,17H,2-9H2,1H3,(H,16,18). The summed E-state index contributed by atoms with van der Waals surface area (Å²) in [5, 5.41) is 15.9. The van der Waals surface area contributed by atoms with Crippen molar-refractivity contribution >= 4 is 5.91 Å². The number of amides is 1. The molecule has 4 unspecified atom stereocenters. The lowest BCUT2D eigenvalue weighted by Crippen LogP contribution is -2.49. The van der Waals surface area contributed by atoms with E-state index in [1.54, 1.807) is 0 Å². The molecule has 1 saturated heterocycles. The van der Waals surface area contributed by atoms with Crippen molar-refractivity contribution in [2.24, 2.45) is 11.8 Å². The zero-order chi connectivity index (χ0) is 13.0. The van der Waals surface area contributed by atoms with Gasteiger partial charge in [-0.05, 0) is 50.5 Å². The van der Waals surface area contributed by atoms with Crippen molar-refractivity contribution in [2.75, 3.05) is 13.1 Å². The summed E-state index contributed by atoms with van der Waals surface area (Å²) in [4.78, 5) is 12.0. The van der Waals surface area contributed by atoms with Crippen LogP contribution in [0.4, 0.5) is 0 Å². The van der Waals surface area contributed by atoms with Gasteiger partial charge in [0.15, 0.2) is 0 Å². The van der Waals surface area contributed by atoms with E-state index in [1.807, 2.05) is 0 Å². The van der Waals surface area contributed by atoms with Crippen molar-refractivity contribution in [3.63, 3.8) is 0 Å². The first-order valence-electron chi connectivity index (χ1n) is 7.34. The summed E-state index contributed by atoms with van der Waals surface area (Å²) >= 11 is 0. The first kappa shape index (κ1) is 13.8. The summed E-state index contributed by atoms with van der Waals surface area (Å²) < 4.78 is 0. The lowest BCUT2D eigenvalue weighted by Gasteiger charge is -2.29. The number of hydrogen-bond acceptors (Lipinski definition) is 3. The molecule has 4 nitrogen and oxygen atoms in total. The maximum Gasteiger partial charge on any atom is 0.237 e. The van der Waals surface area contributed by atoms with E-state index in [-0.39, 0.29) is 18.1 Å². The molecule has 3 N–H and O–H groups in total. The minimum Gasteiger partial charge on any atom is -0.393 e. The Morgan fingerprint density at radius 1 is 1.33 bits per heavy atom. The van der Waals surface area contributed by atoms with Crippen LogP contribution < -0.4 is 10.6 Å². The molecule has 1 saturated carbocycles. The minimum atomic E-state index is -0.159. The number of aliphatic hydroxyl groups is 1. The SMILES string of the molecule is CC1CCNC(C(=O)NCC2CCCC(O)C2)C1. The molecule has 2 rings (SSSR count). The van der Waals surface area contributed by atoms with Gasteiger partial charge in [-0.25, -0.2) is 0 Å². The van der Waals surface area contributed by atoms with E-state index in [4.69, 9.17) is 0 Å². The Balaban J connectivity index is 1.70. The van der Waals surface area contributed by atoms with Gasteiger partial charge >= 0.3 is 0 Å². The van der Waals surface area contributed by atoms with Crippen LogP contribution in [0.25, 0.3) is 0 Å². The van der Waals surface area contributed by atoms with Gasteiger partial charge in [0.2, 0.25) is 5.91 Å². The van der Waals surface area contributed by atoms with E-state index in [1.165, 1.54) is 6.42 Å². The summed E-state index contributed by atoms with van der Waals surface area (Å²) in [6.45, 7) is 3.88. The van der Waals surface area contributed by atoms with Gasteiger partial charge < -0.3 is 15.7 Å². The molecule has 1 heterocycles. The summed E-state index contributed by atoms with van der Waals surface area (Å²) in [5.41, 5.74) is 0. The van der Waals surface area contributed by atoms with E-state index >= 15 is 0 Å². The van der Waals surface area contributed by atoms with Crippen LogP contribution in [0.3, 0.4) is 0 Å². The van der Waals surface area contributed by atoms with E-state index < -0.39 is 0 Å². The molecule has 2 fully saturated rings. The number of carbonyl (C=O) groups excluding carboxylic acids is 1. The van der Waals surface area contributed by atoms with Crippen LogP contribution >= 0.6 is 0 Å². The second kappa shape index (κ2) is 6.53. The average Bonchev–Trinajstić information content (AvgIpc) is 2.36.